The quantitative estimate of drug-likeness (QED) is 0.863. The molecule has 1 aromatic carbocycles. The summed E-state index contributed by atoms with van der Waals surface area (Å²) in [5, 5.41) is 3.02. The lowest BCUT2D eigenvalue weighted by Gasteiger charge is -2.09. The number of amides is 1. The van der Waals surface area contributed by atoms with Crippen LogP contribution in [0.2, 0.25) is 0 Å². The number of nitrogens with one attached hydrogen (secondary N) is 1. The predicted molar refractivity (Wildman–Crippen MR) is 78.6 cm³/mol. The summed E-state index contributed by atoms with van der Waals surface area (Å²) in [5.74, 6) is 0.202. The van der Waals surface area contributed by atoms with E-state index in [1.54, 1.807) is 0 Å². The minimum atomic E-state index is 0.0776. The van der Waals surface area contributed by atoms with Crippen LogP contribution >= 0.6 is 15.9 Å². The van der Waals surface area contributed by atoms with Crippen molar-refractivity contribution in [2.75, 3.05) is 5.32 Å². The number of benzene rings is 1. The summed E-state index contributed by atoms with van der Waals surface area (Å²) < 4.78 is 0.937. The van der Waals surface area contributed by atoms with Crippen molar-refractivity contribution in [3.8, 4) is 0 Å². The molecule has 1 amide bonds. The Morgan fingerprint density at radius 2 is 1.78 bits per heavy atom. The number of carbonyl (C=O) groups excluding carboxylic acids is 1. The van der Waals surface area contributed by atoms with E-state index in [4.69, 9.17) is 0 Å². The van der Waals surface area contributed by atoms with Crippen LogP contribution in [-0.2, 0) is 4.79 Å². The lowest BCUT2D eigenvalue weighted by atomic mass is 10.0. The maximum atomic E-state index is 12.3. The molecule has 2 rings (SSSR count). The summed E-state index contributed by atoms with van der Waals surface area (Å²) >= 11 is 3.49. The van der Waals surface area contributed by atoms with E-state index in [9.17, 15) is 4.79 Å². The Labute approximate surface area is 117 Å². The number of carbonyl (C=O) groups is 1. The predicted octanol–water partition coefficient (Wildman–Crippen LogP) is 4.38. The molecule has 2 nitrogen and oxygen atoms in total. The highest BCUT2D eigenvalue weighted by molar-refractivity contribution is 9.10. The highest BCUT2D eigenvalue weighted by Gasteiger charge is 2.68. The Balaban J connectivity index is 2.14. The number of rotatable bonds is 2. The van der Waals surface area contributed by atoms with Crippen molar-refractivity contribution in [3.63, 3.8) is 0 Å². The van der Waals surface area contributed by atoms with E-state index in [0.717, 1.165) is 10.2 Å². The van der Waals surface area contributed by atoms with Gasteiger partial charge in [0.05, 0.1) is 5.69 Å². The number of hydrogen-bond donors (Lipinski definition) is 1. The first kappa shape index (κ1) is 13.6. The van der Waals surface area contributed by atoms with Crippen LogP contribution in [0, 0.1) is 23.7 Å². The molecule has 0 bridgehead atoms. The second-order valence-corrected chi connectivity index (χ2v) is 7.20. The van der Waals surface area contributed by atoms with Gasteiger partial charge in [-0.15, -0.1) is 0 Å². The van der Waals surface area contributed by atoms with E-state index in [1.165, 1.54) is 5.56 Å². The van der Waals surface area contributed by atoms with E-state index < -0.39 is 0 Å². The molecule has 0 spiro atoms. The smallest absolute Gasteiger partial charge is 0.228 e. The number of anilines is 1. The number of hydrogen-bond acceptors (Lipinski definition) is 1. The third-order valence-electron chi connectivity index (χ3n) is 4.67. The molecule has 0 heterocycles. The van der Waals surface area contributed by atoms with E-state index in [-0.39, 0.29) is 22.7 Å². The van der Waals surface area contributed by atoms with Gasteiger partial charge < -0.3 is 5.32 Å². The highest BCUT2D eigenvalue weighted by atomic mass is 79.9. The molecule has 1 aliphatic rings. The van der Waals surface area contributed by atoms with Gasteiger partial charge in [-0.25, -0.2) is 0 Å². The van der Waals surface area contributed by atoms with Crippen molar-refractivity contribution >= 4 is 27.5 Å². The van der Waals surface area contributed by atoms with E-state index >= 15 is 0 Å². The second kappa shape index (κ2) is 4.09. The molecule has 1 aromatic rings. The van der Waals surface area contributed by atoms with Gasteiger partial charge in [0.2, 0.25) is 5.91 Å². The first-order chi connectivity index (χ1) is 8.18. The Hall–Kier alpha value is -0.830. The topological polar surface area (TPSA) is 29.1 Å². The fourth-order valence-corrected chi connectivity index (χ4v) is 3.37. The fourth-order valence-electron chi connectivity index (χ4n) is 2.78. The monoisotopic (exact) mass is 309 g/mol. The molecule has 0 atom stereocenters. The molecular weight excluding hydrogens is 290 g/mol. The molecule has 0 saturated heterocycles. The summed E-state index contributed by atoms with van der Waals surface area (Å²) in [6.07, 6.45) is 0. The summed E-state index contributed by atoms with van der Waals surface area (Å²) in [6.45, 7) is 10.6. The number of halogens is 1. The van der Waals surface area contributed by atoms with Crippen LogP contribution in [0.1, 0.15) is 33.3 Å². The summed E-state index contributed by atoms with van der Waals surface area (Å²) in [5.41, 5.74) is 2.18. The number of aryl methyl sites for hydroxylation is 1. The van der Waals surface area contributed by atoms with Gasteiger partial charge >= 0.3 is 0 Å². The minimum Gasteiger partial charge on any atom is -0.325 e. The zero-order valence-electron chi connectivity index (χ0n) is 11.6. The van der Waals surface area contributed by atoms with Crippen LogP contribution in [0.25, 0.3) is 0 Å². The highest BCUT2D eigenvalue weighted by Crippen LogP contribution is 2.68. The van der Waals surface area contributed by atoms with Gasteiger partial charge in [-0.1, -0.05) is 33.8 Å². The van der Waals surface area contributed by atoms with E-state index in [1.807, 2.05) is 25.1 Å². The summed E-state index contributed by atoms with van der Waals surface area (Å²) in [7, 11) is 0. The zero-order valence-corrected chi connectivity index (χ0v) is 13.2. The molecule has 1 N–H and O–H groups in total. The van der Waals surface area contributed by atoms with Crippen molar-refractivity contribution in [2.45, 2.75) is 34.6 Å². The van der Waals surface area contributed by atoms with Crippen LogP contribution < -0.4 is 5.32 Å². The molecule has 0 aromatic heterocycles. The molecule has 0 radical (unpaired) electrons. The van der Waals surface area contributed by atoms with Crippen LogP contribution in [0.4, 0.5) is 5.69 Å². The average Bonchev–Trinajstić information content (AvgIpc) is 2.62. The lowest BCUT2D eigenvalue weighted by Crippen LogP contribution is -2.17. The average molecular weight is 310 g/mol. The third-order valence-corrected chi connectivity index (χ3v) is 5.32. The van der Waals surface area contributed by atoms with E-state index in [2.05, 4.69) is 48.9 Å². The molecule has 1 aliphatic carbocycles. The largest absolute Gasteiger partial charge is 0.325 e. The van der Waals surface area contributed by atoms with Crippen LogP contribution in [-0.4, -0.2) is 5.91 Å². The Bertz CT molecular complexity index is 491. The molecule has 3 heteroatoms. The minimum absolute atomic E-state index is 0.0776. The second-order valence-electron chi connectivity index (χ2n) is 6.35. The third kappa shape index (κ3) is 1.99. The van der Waals surface area contributed by atoms with Gasteiger partial charge in [0.25, 0.3) is 0 Å². The molecule has 1 fully saturated rings. The lowest BCUT2D eigenvalue weighted by molar-refractivity contribution is -0.118. The molecule has 1 saturated carbocycles. The van der Waals surface area contributed by atoms with Crippen molar-refractivity contribution in [1.82, 2.24) is 0 Å². The zero-order chi connectivity index (χ0) is 13.7. The van der Waals surface area contributed by atoms with Crippen molar-refractivity contribution < 1.29 is 4.79 Å². The molecular formula is C15H20BrNO. The van der Waals surface area contributed by atoms with Gasteiger partial charge in [-0.05, 0) is 51.4 Å². The van der Waals surface area contributed by atoms with Crippen LogP contribution in [0.5, 0.6) is 0 Å². The fraction of sp³-hybridized carbons (Fsp3) is 0.533. The van der Waals surface area contributed by atoms with Crippen molar-refractivity contribution in [3.05, 3.63) is 28.2 Å². The maximum absolute atomic E-state index is 12.3. The Kier molecular flexibility index (Phi) is 3.09. The van der Waals surface area contributed by atoms with Crippen LogP contribution in [0.3, 0.4) is 0 Å². The van der Waals surface area contributed by atoms with Gasteiger partial charge in [-0.3, -0.25) is 4.79 Å². The molecule has 18 heavy (non-hydrogen) atoms. The molecule has 0 unspecified atom stereocenters. The molecule has 0 aliphatic heterocycles. The normalized spacial score (nSPS) is 20.6. The first-order valence-corrected chi connectivity index (χ1v) is 7.04. The van der Waals surface area contributed by atoms with Gasteiger partial charge in [0, 0.05) is 10.4 Å². The maximum Gasteiger partial charge on any atom is 0.228 e. The molecule has 98 valence electrons. The van der Waals surface area contributed by atoms with E-state index in [0.29, 0.717) is 0 Å². The SMILES string of the molecule is Cc1ccc(NC(=O)C2C(C)(C)C2(C)C)c(Br)c1. The van der Waals surface area contributed by atoms with Crippen molar-refractivity contribution in [2.24, 2.45) is 16.7 Å². The Morgan fingerprint density at radius 3 is 2.22 bits per heavy atom. The first-order valence-electron chi connectivity index (χ1n) is 6.25. The Morgan fingerprint density at radius 1 is 1.22 bits per heavy atom. The van der Waals surface area contributed by atoms with Gasteiger partial charge in [-0.2, -0.15) is 0 Å². The van der Waals surface area contributed by atoms with Crippen molar-refractivity contribution in [1.29, 1.82) is 0 Å². The summed E-state index contributed by atoms with van der Waals surface area (Å²) in [4.78, 5) is 12.3. The van der Waals surface area contributed by atoms with Gasteiger partial charge in [0.15, 0.2) is 0 Å². The van der Waals surface area contributed by atoms with Crippen LogP contribution in [0.15, 0.2) is 22.7 Å². The summed E-state index contributed by atoms with van der Waals surface area (Å²) in [6, 6.07) is 5.96. The van der Waals surface area contributed by atoms with Gasteiger partial charge in [0.1, 0.15) is 0 Å². The standard InChI is InChI=1S/C15H20BrNO/c1-9-6-7-11(10(16)8-9)17-13(18)12-14(2,3)15(12,4)5/h6-8,12H,1-5H3,(H,17,18).